The molecule has 7 nitrogen and oxygen atoms in total. The Morgan fingerprint density at radius 2 is 2.00 bits per heavy atom. The number of nitrogens with zero attached hydrogens (tertiary/aromatic N) is 5. The third kappa shape index (κ3) is 2.92. The second kappa shape index (κ2) is 6.12. The number of hydrogen-bond donors (Lipinski definition) is 0. The molecule has 0 spiro atoms. The summed E-state index contributed by atoms with van der Waals surface area (Å²) in [4.78, 5) is 11.1. The quantitative estimate of drug-likeness (QED) is 0.537. The van der Waals surface area contributed by atoms with Crippen LogP contribution in [0.1, 0.15) is 0 Å². The van der Waals surface area contributed by atoms with Crippen molar-refractivity contribution in [1.29, 1.82) is 0 Å². The van der Waals surface area contributed by atoms with Gasteiger partial charge in [0.25, 0.3) is 5.69 Å². The summed E-state index contributed by atoms with van der Waals surface area (Å²) < 4.78 is 1.48. The fourth-order valence-corrected chi connectivity index (χ4v) is 2.89. The fraction of sp³-hybridized carbons (Fsp3) is 0. The maximum absolute atomic E-state index is 11.1. The number of nitro groups is 1. The lowest BCUT2D eigenvalue weighted by atomic mass is 10.3. The van der Waals surface area contributed by atoms with Crippen LogP contribution in [0.25, 0.3) is 5.69 Å². The standard InChI is InChI=1S/C13H8ClN5O2S/c14-9-4-3-5-10(8-9)18-13(15-16-17-18)22-12-7-2-1-6-11(12)19(20)21/h1-8H. The highest BCUT2D eigenvalue weighted by Gasteiger charge is 2.17. The molecular weight excluding hydrogens is 326 g/mol. The van der Waals surface area contributed by atoms with Gasteiger partial charge in [0, 0.05) is 11.1 Å². The topological polar surface area (TPSA) is 86.7 Å². The van der Waals surface area contributed by atoms with Crippen molar-refractivity contribution in [1.82, 2.24) is 20.2 Å². The van der Waals surface area contributed by atoms with Crippen LogP contribution in [0.5, 0.6) is 0 Å². The van der Waals surface area contributed by atoms with Crippen molar-refractivity contribution < 1.29 is 4.92 Å². The molecule has 3 rings (SSSR count). The Kier molecular flexibility index (Phi) is 4.03. The van der Waals surface area contributed by atoms with Crippen molar-refractivity contribution in [3.8, 4) is 5.69 Å². The Hall–Kier alpha value is -2.45. The van der Waals surface area contributed by atoms with Gasteiger partial charge in [-0.2, -0.15) is 4.68 Å². The third-order valence-electron chi connectivity index (χ3n) is 2.76. The molecule has 1 heterocycles. The zero-order valence-electron chi connectivity index (χ0n) is 11.0. The maximum Gasteiger partial charge on any atom is 0.283 e. The van der Waals surface area contributed by atoms with E-state index in [4.69, 9.17) is 11.6 Å². The zero-order chi connectivity index (χ0) is 15.5. The molecule has 0 aliphatic rings. The Morgan fingerprint density at radius 1 is 1.18 bits per heavy atom. The summed E-state index contributed by atoms with van der Waals surface area (Å²) in [6.45, 7) is 0. The lowest BCUT2D eigenvalue weighted by Gasteiger charge is -2.05. The van der Waals surface area contributed by atoms with Gasteiger partial charge in [-0.15, -0.1) is 5.10 Å². The largest absolute Gasteiger partial charge is 0.283 e. The highest BCUT2D eigenvalue weighted by atomic mass is 35.5. The van der Waals surface area contributed by atoms with Crippen molar-refractivity contribution in [2.75, 3.05) is 0 Å². The summed E-state index contributed by atoms with van der Waals surface area (Å²) in [6, 6.07) is 13.5. The van der Waals surface area contributed by atoms with E-state index in [1.54, 1.807) is 42.5 Å². The van der Waals surface area contributed by atoms with Gasteiger partial charge >= 0.3 is 0 Å². The van der Waals surface area contributed by atoms with Crippen LogP contribution in [0, 0.1) is 10.1 Å². The first-order valence-corrected chi connectivity index (χ1v) is 7.30. The molecule has 0 bridgehead atoms. The minimum absolute atomic E-state index is 0.00754. The van der Waals surface area contributed by atoms with Gasteiger partial charge in [0.2, 0.25) is 5.16 Å². The van der Waals surface area contributed by atoms with Gasteiger partial charge < -0.3 is 0 Å². The van der Waals surface area contributed by atoms with Crippen LogP contribution < -0.4 is 0 Å². The highest BCUT2D eigenvalue weighted by molar-refractivity contribution is 7.99. The van der Waals surface area contributed by atoms with Gasteiger partial charge in [0.15, 0.2) is 0 Å². The lowest BCUT2D eigenvalue weighted by molar-refractivity contribution is -0.387. The number of aromatic nitrogens is 4. The van der Waals surface area contributed by atoms with Gasteiger partial charge in [-0.05, 0) is 46.5 Å². The zero-order valence-corrected chi connectivity index (χ0v) is 12.5. The van der Waals surface area contributed by atoms with Gasteiger partial charge in [0.05, 0.1) is 15.5 Å². The van der Waals surface area contributed by atoms with Gasteiger partial charge in [-0.3, -0.25) is 10.1 Å². The van der Waals surface area contributed by atoms with Gasteiger partial charge in [0.1, 0.15) is 0 Å². The number of rotatable bonds is 4. The second-order valence-corrected chi connectivity index (χ2v) is 5.63. The molecule has 2 aromatic carbocycles. The van der Waals surface area contributed by atoms with Crippen molar-refractivity contribution in [3.63, 3.8) is 0 Å². The maximum atomic E-state index is 11.1. The molecule has 22 heavy (non-hydrogen) atoms. The molecule has 110 valence electrons. The predicted molar refractivity (Wildman–Crippen MR) is 81.4 cm³/mol. The minimum atomic E-state index is -0.435. The molecule has 3 aromatic rings. The Bertz CT molecular complexity index is 839. The second-order valence-electron chi connectivity index (χ2n) is 4.18. The summed E-state index contributed by atoms with van der Waals surface area (Å²) in [5, 5.41) is 23.5. The average Bonchev–Trinajstić information content (AvgIpc) is 2.96. The van der Waals surface area contributed by atoms with Crippen LogP contribution in [-0.4, -0.2) is 25.1 Å². The number of halogens is 1. The molecule has 0 atom stereocenters. The van der Waals surface area contributed by atoms with E-state index in [9.17, 15) is 10.1 Å². The smallest absolute Gasteiger partial charge is 0.258 e. The van der Waals surface area contributed by atoms with Crippen LogP contribution in [0.3, 0.4) is 0 Å². The molecule has 0 N–H and O–H groups in total. The molecule has 9 heteroatoms. The number of hydrogen-bond acceptors (Lipinski definition) is 6. The molecule has 0 radical (unpaired) electrons. The molecule has 0 fully saturated rings. The van der Waals surface area contributed by atoms with Gasteiger partial charge in [-0.1, -0.05) is 29.8 Å². The first kappa shape index (κ1) is 14.5. The first-order valence-electron chi connectivity index (χ1n) is 6.11. The van der Waals surface area contributed by atoms with Crippen molar-refractivity contribution in [2.24, 2.45) is 0 Å². The van der Waals surface area contributed by atoms with Crippen LogP contribution in [-0.2, 0) is 0 Å². The average molecular weight is 334 g/mol. The number of nitro benzene ring substituents is 1. The van der Waals surface area contributed by atoms with Crippen molar-refractivity contribution in [2.45, 2.75) is 10.1 Å². The lowest BCUT2D eigenvalue weighted by Crippen LogP contribution is -1.99. The summed E-state index contributed by atoms with van der Waals surface area (Å²) in [6.07, 6.45) is 0. The Balaban J connectivity index is 1.99. The van der Waals surface area contributed by atoms with Crippen molar-refractivity contribution in [3.05, 3.63) is 63.7 Å². The van der Waals surface area contributed by atoms with Gasteiger partial charge in [-0.25, -0.2) is 0 Å². The number of tetrazole rings is 1. The molecule has 0 saturated heterocycles. The number of para-hydroxylation sites is 1. The van der Waals surface area contributed by atoms with E-state index in [2.05, 4.69) is 15.5 Å². The SMILES string of the molecule is O=[N+]([O-])c1ccccc1Sc1nnnn1-c1cccc(Cl)c1. The summed E-state index contributed by atoms with van der Waals surface area (Å²) in [7, 11) is 0. The summed E-state index contributed by atoms with van der Waals surface area (Å²) >= 11 is 7.08. The van der Waals surface area contributed by atoms with Crippen LogP contribution in [0.15, 0.2) is 58.6 Å². The Labute approximate surface area is 134 Å². The first-order chi connectivity index (χ1) is 10.6. The fourth-order valence-electron chi connectivity index (χ4n) is 1.81. The molecule has 0 unspecified atom stereocenters. The van der Waals surface area contributed by atoms with Crippen molar-refractivity contribution >= 4 is 29.1 Å². The molecule has 0 amide bonds. The van der Waals surface area contributed by atoms with E-state index < -0.39 is 4.92 Å². The van der Waals surface area contributed by atoms with E-state index in [0.29, 0.717) is 20.8 Å². The van der Waals surface area contributed by atoms with Crippen LogP contribution in [0.4, 0.5) is 5.69 Å². The summed E-state index contributed by atoms with van der Waals surface area (Å²) in [5.74, 6) is 0. The normalized spacial score (nSPS) is 10.6. The van der Waals surface area contributed by atoms with E-state index in [1.807, 2.05) is 0 Å². The van der Waals surface area contributed by atoms with Crippen LogP contribution in [0.2, 0.25) is 5.02 Å². The molecular formula is C13H8ClN5O2S. The molecule has 0 aliphatic heterocycles. The highest BCUT2D eigenvalue weighted by Crippen LogP contribution is 2.33. The van der Waals surface area contributed by atoms with E-state index >= 15 is 0 Å². The molecule has 0 saturated carbocycles. The van der Waals surface area contributed by atoms with E-state index in [-0.39, 0.29) is 5.69 Å². The van der Waals surface area contributed by atoms with Crippen LogP contribution >= 0.6 is 23.4 Å². The van der Waals surface area contributed by atoms with E-state index in [0.717, 1.165) is 11.8 Å². The minimum Gasteiger partial charge on any atom is -0.258 e. The number of benzene rings is 2. The third-order valence-corrected chi connectivity index (χ3v) is 3.99. The Morgan fingerprint density at radius 3 is 2.77 bits per heavy atom. The molecule has 0 aliphatic carbocycles. The predicted octanol–water partition coefficient (Wildman–Crippen LogP) is 3.38. The molecule has 1 aromatic heterocycles. The summed E-state index contributed by atoms with van der Waals surface area (Å²) in [5.41, 5.74) is 0.687. The monoisotopic (exact) mass is 333 g/mol. The van der Waals surface area contributed by atoms with E-state index in [1.165, 1.54) is 10.7 Å².